The van der Waals surface area contributed by atoms with Crippen LogP contribution >= 0.6 is 11.3 Å². The normalized spacial score (nSPS) is 14.4. The van der Waals surface area contributed by atoms with Crippen LogP contribution < -0.4 is 10.6 Å². The topological polar surface area (TPSA) is 108 Å². The van der Waals surface area contributed by atoms with Crippen molar-refractivity contribution in [2.45, 2.75) is 6.04 Å². The van der Waals surface area contributed by atoms with Crippen LogP contribution in [0.15, 0.2) is 76.2 Å². The summed E-state index contributed by atoms with van der Waals surface area (Å²) in [4.78, 5) is 50.1. The molecule has 0 amide bonds. The third-order valence-corrected chi connectivity index (χ3v) is 5.67. The van der Waals surface area contributed by atoms with E-state index in [2.05, 4.69) is 0 Å². The number of nitrogens with two attached hydrogens (primary N) is 1. The second-order valence-electron chi connectivity index (χ2n) is 6.62. The van der Waals surface area contributed by atoms with Crippen molar-refractivity contribution in [3.8, 4) is 0 Å². The maximum Gasteiger partial charge on any atom is 0.337 e. The predicted octanol–water partition coefficient (Wildman–Crippen LogP) is 2.58. The Labute approximate surface area is 175 Å². The lowest BCUT2D eigenvalue weighted by Gasteiger charge is -2.26. The first-order valence-electron chi connectivity index (χ1n) is 8.96. The van der Waals surface area contributed by atoms with Gasteiger partial charge in [-0.2, -0.15) is 0 Å². The molecule has 0 saturated heterocycles. The minimum absolute atomic E-state index is 0.0324. The van der Waals surface area contributed by atoms with E-state index in [-0.39, 0.29) is 27.3 Å². The van der Waals surface area contributed by atoms with Crippen LogP contribution in [-0.4, -0.2) is 29.2 Å². The summed E-state index contributed by atoms with van der Waals surface area (Å²) < 4.78 is 6.07. The molecule has 0 saturated carbocycles. The molecular formula is C22H16N2O5S. The summed E-state index contributed by atoms with van der Waals surface area (Å²) in [6, 6.07) is 11.8. The van der Waals surface area contributed by atoms with E-state index < -0.39 is 23.6 Å². The highest BCUT2D eigenvalue weighted by atomic mass is 32.1. The highest BCUT2D eigenvalue weighted by Gasteiger charge is 2.36. The van der Waals surface area contributed by atoms with Crippen LogP contribution in [0.2, 0.25) is 0 Å². The Bertz CT molecular complexity index is 1270. The Morgan fingerprint density at radius 1 is 1.00 bits per heavy atom. The number of methoxy groups -OCH3 is 1. The molecule has 1 aromatic heterocycles. The Hall–Kier alpha value is -3.78. The van der Waals surface area contributed by atoms with Crippen molar-refractivity contribution in [1.29, 1.82) is 0 Å². The first-order chi connectivity index (χ1) is 14.4. The van der Waals surface area contributed by atoms with Gasteiger partial charge in [-0.25, -0.2) is 4.79 Å². The van der Waals surface area contributed by atoms with Crippen molar-refractivity contribution in [2.24, 2.45) is 5.73 Å². The summed E-state index contributed by atoms with van der Waals surface area (Å²) in [6.07, 6.45) is 1.55. The summed E-state index contributed by atoms with van der Waals surface area (Å²) >= 11 is 0.966. The Balaban J connectivity index is 1.92. The van der Waals surface area contributed by atoms with Crippen LogP contribution in [0.25, 0.3) is 0 Å². The number of benzene rings is 2. The number of fused-ring (bicyclic) bond motifs is 1. The summed E-state index contributed by atoms with van der Waals surface area (Å²) in [5, 5.41) is 1.60. The zero-order chi connectivity index (χ0) is 21.4. The zero-order valence-corrected chi connectivity index (χ0v) is 16.6. The number of hydrogen-bond donors (Lipinski definition) is 1. The lowest BCUT2D eigenvalue weighted by Crippen LogP contribution is -2.33. The number of aromatic nitrogens is 1. The van der Waals surface area contributed by atoms with Gasteiger partial charge < -0.3 is 10.5 Å². The lowest BCUT2D eigenvalue weighted by molar-refractivity contribution is 0.0600. The van der Waals surface area contributed by atoms with E-state index in [1.807, 2.05) is 0 Å². The number of hydrogen-bond acceptors (Lipinski definition) is 7. The molecule has 2 aromatic carbocycles. The minimum Gasteiger partial charge on any atom is -0.465 e. The standard InChI is InChI=1S/C22H16N2O5S/c1-29-21(27)13-8-6-12(7-9-13)18(24-10-11-30-22(24)28)16-17(23)20(26)15-5-3-2-4-14(15)19(16)25/h2-11,18H,23H2,1H3. The van der Waals surface area contributed by atoms with Crippen LogP contribution in [0, 0.1) is 0 Å². The van der Waals surface area contributed by atoms with Crippen molar-refractivity contribution in [1.82, 2.24) is 4.57 Å². The molecule has 1 aliphatic carbocycles. The van der Waals surface area contributed by atoms with E-state index >= 15 is 0 Å². The molecule has 1 aliphatic rings. The zero-order valence-electron chi connectivity index (χ0n) is 15.8. The molecule has 2 N–H and O–H groups in total. The van der Waals surface area contributed by atoms with Crippen LogP contribution in [0.3, 0.4) is 0 Å². The average molecular weight is 420 g/mol. The van der Waals surface area contributed by atoms with Gasteiger partial charge in [0.2, 0.25) is 5.78 Å². The highest BCUT2D eigenvalue weighted by molar-refractivity contribution is 7.07. The summed E-state index contributed by atoms with van der Waals surface area (Å²) in [6.45, 7) is 0. The molecule has 0 aliphatic heterocycles. The van der Waals surface area contributed by atoms with Crippen molar-refractivity contribution in [3.63, 3.8) is 0 Å². The fraction of sp³-hybridized carbons (Fsp3) is 0.0909. The van der Waals surface area contributed by atoms with Crippen molar-refractivity contribution >= 4 is 28.9 Å². The van der Waals surface area contributed by atoms with E-state index in [0.29, 0.717) is 11.1 Å². The van der Waals surface area contributed by atoms with E-state index in [0.717, 1.165) is 11.3 Å². The quantitative estimate of drug-likeness (QED) is 0.650. The van der Waals surface area contributed by atoms with Gasteiger partial charge in [-0.15, -0.1) is 0 Å². The molecule has 0 fully saturated rings. The molecule has 3 aromatic rings. The second-order valence-corrected chi connectivity index (χ2v) is 7.48. The monoisotopic (exact) mass is 420 g/mol. The predicted molar refractivity (Wildman–Crippen MR) is 111 cm³/mol. The van der Waals surface area contributed by atoms with Gasteiger partial charge in [0.05, 0.1) is 30.0 Å². The number of ether oxygens (including phenoxy) is 1. The van der Waals surface area contributed by atoms with Crippen LogP contribution in [0.5, 0.6) is 0 Å². The van der Waals surface area contributed by atoms with Gasteiger partial charge in [0.15, 0.2) is 5.78 Å². The van der Waals surface area contributed by atoms with E-state index in [1.54, 1.807) is 48.0 Å². The number of rotatable bonds is 4. The smallest absolute Gasteiger partial charge is 0.337 e. The highest BCUT2D eigenvalue weighted by Crippen LogP contribution is 2.34. The van der Waals surface area contributed by atoms with Crippen molar-refractivity contribution in [3.05, 3.63) is 103 Å². The SMILES string of the molecule is COC(=O)c1ccc(C(C2=C(N)C(=O)c3ccccc3C2=O)n2ccsc2=O)cc1. The number of thiazole rings is 1. The van der Waals surface area contributed by atoms with Gasteiger partial charge in [-0.3, -0.25) is 19.0 Å². The molecule has 150 valence electrons. The number of carbonyl (C=O) groups excluding carboxylic acids is 3. The van der Waals surface area contributed by atoms with Crippen molar-refractivity contribution in [2.75, 3.05) is 7.11 Å². The Morgan fingerprint density at radius 2 is 1.63 bits per heavy atom. The molecule has 1 atom stereocenters. The Kier molecular flexibility index (Phi) is 4.93. The summed E-state index contributed by atoms with van der Waals surface area (Å²) in [5.41, 5.74) is 7.31. The number of Topliss-reactive ketones (excluding diaryl/α,β-unsaturated/α-hetero) is 2. The molecule has 0 radical (unpaired) electrons. The van der Waals surface area contributed by atoms with Gasteiger partial charge in [0.25, 0.3) is 0 Å². The van der Waals surface area contributed by atoms with Gasteiger partial charge in [0, 0.05) is 22.7 Å². The van der Waals surface area contributed by atoms with Gasteiger partial charge in [0.1, 0.15) is 0 Å². The fourth-order valence-corrected chi connectivity index (χ4v) is 4.13. The maximum absolute atomic E-state index is 13.3. The molecule has 4 rings (SSSR count). The molecule has 30 heavy (non-hydrogen) atoms. The number of ketones is 2. The first kappa shape index (κ1) is 19.5. The largest absolute Gasteiger partial charge is 0.465 e. The Morgan fingerprint density at radius 3 is 2.20 bits per heavy atom. The molecule has 0 spiro atoms. The molecule has 0 bridgehead atoms. The maximum atomic E-state index is 13.3. The molecular weight excluding hydrogens is 404 g/mol. The minimum atomic E-state index is -0.916. The lowest BCUT2D eigenvalue weighted by atomic mass is 9.82. The molecule has 1 heterocycles. The van der Waals surface area contributed by atoms with Crippen LogP contribution in [-0.2, 0) is 4.74 Å². The van der Waals surface area contributed by atoms with Gasteiger partial charge in [-0.1, -0.05) is 47.7 Å². The van der Waals surface area contributed by atoms with E-state index in [9.17, 15) is 19.2 Å². The van der Waals surface area contributed by atoms with E-state index in [1.165, 1.54) is 23.8 Å². The van der Waals surface area contributed by atoms with Crippen LogP contribution in [0.1, 0.15) is 42.7 Å². The average Bonchev–Trinajstić information content (AvgIpc) is 3.20. The second kappa shape index (κ2) is 7.57. The molecule has 8 heteroatoms. The summed E-state index contributed by atoms with van der Waals surface area (Å²) in [5.74, 6) is -1.38. The summed E-state index contributed by atoms with van der Waals surface area (Å²) in [7, 11) is 1.28. The van der Waals surface area contributed by atoms with Crippen LogP contribution in [0.4, 0.5) is 0 Å². The van der Waals surface area contributed by atoms with Crippen molar-refractivity contribution < 1.29 is 19.1 Å². The third-order valence-electron chi connectivity index (χ3n) is 5.00. The first-order valence-corrected chi connectivity index (χ1v) is 9.84. The third kappa shape index (κ3) is 3.07. The molecule has 1 unspecified atom stereocenters. The van der Waals surface area contributed by atoms with Gasteiger partial charge in [-0.05, 0) is 17.7 Å². The fourth-order valence-electron chi connectivity index (χ4n) is 3.54. The molecule has 7 nitrogen and oxygen atoms in total. The number of nitrogens with zero attached hydrogens (tertiary/aromatic N) is 1. The van der Waals surface area contributed by atoms with Gasteiger partial charge >= 0.3 is 10.8 Å². The van der Waals surface area contributed by atoms with E-state index in [4.69, 9.17) is 10.5 Å². The number of carbonyl (C=O) groups is 3. The number of esters is 1. The number of allylic oxidation sites excluding steroid dienone is 2.